The van der Waals surface area contributed by atoms with E-state index in [0.717, 1.165) is 35.2 Å². The molecule has 0 aliphatic rings. The molecule has 0 spiro atoms. The van der Waals surface area contributed by atoms with Crippen LogP contribution in [0.3, 0.4) is 0 Å². The van der Waals surface area contributed by atoms with Crippen LogP contribution < -0.4 is 0 Å². The Hall–Kier alpha value is -2.03. The molecule has 0 bridgehead atoms. The summed E-state index contributed by atoms with van der Waals surface area (Å²) in [4.78, 5) is 0. The van der Waals surface area contributed by atoms with Gasteiger partial charge in [-0.25, -0.2) is 0 Å². The van der Waals surface area contributed by atoms with Crippen molar-refractivity contribution in [3.8, 4) is 11.1 Å². The Morgan fingerprint density at radius 2 is 1.70 bits per heavy atom. The molecule has 0 radical (unpaired) electrons. The van der Waals surface area contributed by atoms with Gasteiger partial charge in [-0.2, -0.15) is 0 Å². The second-order valence-electron chi connectivity index (χ2n) is 5.69. The van der Waals surface area contributed by atoms with Crippen LogP contribution in [0.1, 0.15) is 30.6 Å². The lowest BCUT2D eigenvalue weighted by molar-refractivity contribution is 0.220. The van der Waals surface area contributed by atoms with E-state index in [2.05, 4.69) is 17.7 Å². The summed E-state index contributed by atoms with van der Waals surface area (Å²) >= 11 is 6.00. The van der Waals surface area contributed by atoms with Gasteiger partial charge in [0.2, 0.25) is 0 Å². The minimum absolute atomic E-state index is 0.639. The fraction of sp³-hybridized carbons (Fsp3) is 0.200. The lowest BCUT2D eigenvalue weighted by atomic mass is 9.97. The summed E-state index contributed by atoms with van der Waals surface area (Å²) in [7, 11) is 0. The zero-order valence-corrected chi connectivity index (χ0v) is 13.9. The number of hydrogen-bond acceptors (Lipinski definition) is 1. The summed E-state index contributed by atoms with van der Waals surface area (Å²) in [5.74, 6) is 0. The molecule has 0 aliphatic carbocycles. The van der Waals surface area contributed by atoms with Gasteiger partial charge in [-0.3, -0.25) is 0 Å². The van der Waals surface area contributed by atoms with E-state index in [9.17, 15) is 5.11 Å². The third kappa shape index (κ3) is 3.49. The van der Waals surface area contributed by atoms with E-state index < -0.39 is 6.10 Å². The zero-order chi connectivity index (χ0) is 16.2. The predicted octanol–water partition coefficient (Wildman–Crippen LogP) is 5.30. The lowest BCUT2D eigenvalue weighted by Crippen LogP contribution is -2.00. The first-order valence-corrected chi connectivity index (χ1v) is 8.25. The molecule has 23 heavy (non-hydrogen) atoms. The maximum absolute atomic E-state index is 10.8. The largest absolute Gasteiger partial charge is 0.384 e. The summed E-state index contributed by atoms with van der Waals surface area (Å²) in [6.07, 6.45) is 4.56. The summed E-state index contributed by atoms with van der Waals surface area (Å²) in [5, 5.41) is 11.5. The summed E-state index contributed by atoms with van der Waals surface area (Å²) in [6, 6.07) is 17.5. The third-order valence-electron chi connectivity index (χ3n) is 3.96. The van der Waals surface area contributed by atoms with E-state index in [1.807, 2.05) is 60.8 Å². The molecule has 1 aromatic heterocycles. The van der Waals surface area contributed by atoms with Crippen LogP contribution in [0.5, 0.6) is 0 Å². The number of halogens is 1. The Morgan fingerprint density at radius 3 is 2.35 bits per heavy atom. The Balaban J connectivity index is 2.06. The molecule has 1 unspecified atom stereocenters. The van der Waals surface area contributed by atoms with Gasteiger partial charge >= 0.3 is 0 Å². The summed E-state index contributed by atoms with van der Waals surface area (Å²) < 4.78 is 2.14. The van der Waals surface area contributed by atoms with Gasteiger partial charge < -0.3 is 9.67 Å². The minimum atomic E-state index is -0.639. The number of aliphatic hydroxyl groups excluding tert-OH is 1. The fourth-order valence-electron chi connectivity index (χ4n) is 2.82. The molecule has 0 saturated carbocycles. The van der Waals surface area contributed by atoms with Crippen molar-refractivity contribution in [2.75, 3.05) is 0 Å². The Bertz CT molecular complexity index is 762. The summed E-state index contributed by atoms with van der Waals surface area (Å²) in [5.41, 5.74) is 3.93. The van der Waals surface area contributed by atoms with Crippen molar-refractivity contribution < 1.29 is 5.11 Å². The van der Waals surface area contributed by atoms with Crippen LogP contribution in [-0.2, 0) is 6.54 Å². The van der Waals surface area contributed by atoms with Crippen molar-refractivity contribution in [1.29, 1.82) is 0 Å². The number of rotatable bonds is 5. The van der Waals surface area contributed by atoms with Crippen LogP contribution in [0.15, 0.2) is 67.0 Å². The van der Waals surface area contributed by atoms with E-state index in [-0.39, 0.29) is 0 Å². The molecule has 2 nitrogen and oxygen atoms in total. The van der Waals surface area contributed by atoms with Gasteiger partial charge in [0.1, 0.15) is 6.10 Å². The van der Waals surface area contributed by atoms with Crippen LogP contribution in [0.4, 0.5) is 0 Å². The van der Waals surface area contributed by atoms with Gasteiger partial charge in [-0.1, -0.05) is 61.0 Å². The average molecular weight is 326 g/mol. The maximum Gasteiger partial charge on any atom is 0.106 e. The molecule has 0 fully saturated rings. The molecule has 3 heteroatoms. The predicted molar refractivity (Wildman–Crippen MR) is 95.7 cm³/mol. The first-order chi connectivity index (χ1) is 11.2. The Morgan fingerprint density at radius 1 is 1.00 bits per heavy atom. The topological polar surface area (TPSA) is 25.2 Å². The highest BCUT2D eigenvalue weighted by atomic mass is 35.5. The maximum atomic E-state index is 10.8. The highest BCUT2D eigenvalue weighted by molar-refractivity contribution is 6.30. The van der Waals surface area contributed by atoms with Crippen LogP contribution in [0.25, 0.3) is 11.1 Å². The van der Waals surface area contributed by atoms with Crippen molar-refractivity contribution in [3.05, 3.63) is 83.1 Å². The van der Waals surface area contributed by atoms with Crippen LogP contribution in [0.2, 0.25) is 5.02 Å². The van der Waals surface area contributed by atoms with Crippen LogP contribution in [-0.4, -0.2) is 9.67 Å². The van der Waals surface area contributed by atoms with Gasteiger partial charge in [0.05, 0.1) is 0 Å². The molecule has 3 rings (SSSR count). The molecular weight excluding hydrogens is 306 g/mol. The zero-order valence-electron chi connectivity index (χ0n) is 13.1. The highest BCUT2D eigenvalue weighted by Gasteiger charge is 2.18. The molecule has 1 atom stereocenters. The first-order valence-electron chi connectivity index (χ1n) is 7.87. The van der Waals surface area contributed by atoms with Crippen molar-refractivity contribution in [3.63, 3.8) is 0 Å². The van der Waals surface area contributed by atoms with Gasteiger partial charge in [0.15, 0.2) is 0 Å². The van der Waals surface area contributed by atoms with Crippen molar-refractivity contribution in [2.24, 2.45) is 0 Å². The number of nitrogens with zero attached hydrogens (tertiary/aromatic N) is 1. The molecular formula is C20H20ClNO. The molecule has 2 aromatic carbocycles. The highest BCUT2D eigenvalue weighted by Crippen LogP contribution is 2.33. The van der Waals surface area contributed by atoms with E-state index in [1.54, 1.807) is 0 Å². The minimum Gasteiger partial charge on any atom is -0.384 e. The van der Waals surface area contributed by atoms with E-state index >= 15 is 0 Å². The van der Waals surface area contributed by atoms with Gasteiger partial charge in [0.25, 0.3) is 0 Å². The summed E-state index contributed by atoms with van der Waals surface area (Å²) in [6.45, 7) is 3.08. The van der Waals surface area contributed by atoms with E-state index in [0.29, 0.717) is 5.02 Å². The second-order valence-corrected chi connectivity index (χ2v) is 6.12. The molecule has 0 amide bonds. The standard InChI is InChI=1S/C20H20ClNO/c1-2-12-22-13-18(15-8-10-17(21)11-9-15)19(14-22)20(23)16-6-4-3-5-7-16/h3-11,13-14,20,23H,2,12H2,1H3. The molecule has 3 aromatic rings. The molecule has 1 heterocycles. The fourth-order valence-corrected chi connectivity index (χ4v) is 2.94. The van der Waals surface area contributed by atoms with Gasteiger partial charge in [-0.05, 0) is 29.7 Å². The molecule has 118 valence electrons. The normalized spacial score (nSPS) is 12.3. The molecule has 1 N–H and O–H groups in total. The second kappa shape index (κ2) is 7.03. The number of aryl methyl sites for hydroxylation is 1. The first kappa shape index (κ1) is 15.9. The Kier molecular flexibility index (Phi) is 4.85. The Labute approximate surface area is 142 Å². The van der Waals surface area contributed by atoms with E-state index in [1.165, 1.54) is 0 Å². The lowest BCUT2D eigenvalue weighted by Gasteiger charge is -2.12. The van der Waals surface area contributed by atoms with Crippen molar-refractivity contribution in [2.45, 2.75) is 26.0 Å². The quantitative estimate of drug-likeness (QED) is 0.676. The average Bonchev–Trinajstić information content (AvgIpc) is 3.00. The SMILES string of the molecule is CCCn1cc(-c2ccc(Cl)cc2)c(C(O)c2ccccc2)c1. The number of benzene rings is 2. The number of aromatic nitrogens is 1. The third-order valence-corrected chi connectivity index (χ3v) is 4.21. The van der Waals surface area contributed by atoms with Gasteiger partial charge in [0, 0.05) is 35.1 Å². The molecule has 0 aliphatic heterocycles. The number of hydrogen-bond donors (Lipinski definition) is 1. The van der Waals surface area contributed by atoms with E-state index in [4.69, 9.17) is 11.6 Å². The van der Waals surface area contributed by atoms with Crippen molar-refractivity contribution >= 4 is 11.6 Å². The van der Waals surface area contributed by atoms with Crippen LogP contribution in [0, 0.1) is 0 Å². The van der Waals surface area contributed by atoms with Gasteiger partial charge in [-0.15, -0.1) is 0 Å². The van der Waals surface area contributed by atoms with Crippen molar-refractivity contribution in [1.82, 2.24) is 4.57 Å². The monoisotopic (exact) mass is 325 g/mol. The van der Waals surface area contributed by atoms with Crippen LogP contribution >= 0.6 is 11.6 Å². The smallest absolute Gasteiger partial charge is 0.106 e. The number of aliphatic hydroxyl groups is 1. The molecule has 0 saturated heterocycles.